The van der Waals surface area contributed by atoms with Crippen molar-refractivity contribution in [2.24, 2.45) is 11.0 Å². The molecule has 2 N–H and O–H groups in total. The number of ether oxygens (including phenoxy) is 3. The van der Waals surface area contributed by atoms with Gasteiger partial charge in [0, 0.05) is 5.56 Å². The molecule has 0 fully saturated rings. The molecule has 2 rings (SSSR count). The van der Waals surface area contributed by atoms with Crippen LogP contribution in [0.5, 0.6) is 17.2 Å². The summed E-state index contributed by atoms with van der Waals surface area (Å²) in [5.74, 6) is 1.01. The topological polar surface area (TPSA) is 98.2 Å². The lowest BCUT2D eigenvalue weighted by Crippen LogP contribution is -2.48. The lowest BCUT2D eigenvalue weighted by Gasteiger charge is -2.20. The maximum absolute atomic E-state index is 12.7. The number of benzene rings is 2. The molecular formula is C25H33N3O5. The molecule has 2 aromatic carbocycles. The van der Waals surface area contributed by atoms with Crippen LogP contribution in [-0.4, -0.2) is 44.9 Å². The smallest absolute Gasteiger partial charge is 0.262 e. The number of hydrogen-bond acceptors (Lipinski definition) is 6. The Labute approximate surface area is 195 Å². The van der Waals surface area contributed by atoms with E-state index in [1.807, 2.05) is 26.0 Å². The van der Waals surface area contributed by atoms with Crippen LogP contribution in [0.25, 0.3) is 0 Å². The number of carbonyl (C=O) groups is 2. The molecule has 0 spiro atoms. The van der Waals surface area contributed by atoms with Crippen molar-refractivity contribution >= 4 is 18.0 Å². The molecule has 0 heterocycles. The Morgan fingerprint density at radius 2 is 1.76 bits per heavy atom. The average Bonchev–Trinajstić information content (AvgIpc) is 2.82. The van der Waals surface area contributed by atoms with Gasteiger partial charge in [0.1, 0.15) is 11.8 Å². The number of unbranched alkanes of at least 4 members (excludes halogenated alkanes) is 1. The van der Waals surface area contributed by atoms with Crippen LogP contribution in [0.4, 0.5) is 0 Å². The fourth-order valence-corrected chi connectivity index (χ4v) is 2.95. The molecule has 0 aromatic heterocycles. The summed E-state index contributed by atoms with van der Waals surface area (Å²) in [7, 11) is 3.13. The number of hydrazone groups is 1. The highest BCUT2D eigenvalue weighted by molar-refractivity contribution is 5.97. The molecule has 8 nitrogen and oxygen atoms in total. The van der Waals surface area contributed by atoms with Crippen LogP contribution < -0.4 is 25.0 Å². The Balaban J connectivity index is 2.00. The van der Waals surface area contributed by atoms with E-state index >= 15 is 0 Å². The molecule has 178 valence electrons. The Kier molecular flexibility index (Phi) is 10.2. The molecule has 0 aliphatic heterocycles. The summed E-state index contributed by atoms with van der Waals surface area (Å²) in [4.78, 5) is 25.2. The molecule has 2 aromatic rings. The van der Waals surface area contributed by atoms with Crippen LogP contribution in [0.15, 0.2) is 47.6 Å². The molecule has 0 saturated heterocycles. The molecule has 0 saturated carbocycles. The number of nitrogens with zero attached hydrogens (tertiary/aromatic N) is 1. The van der Waals surface area contributed by atoms with E-state index in [1.165, 1.54) is 6.21 Å². The maximum atomic E-state index is 12.7. The Bertz CT molecular complexity index is 942. The van der Waals surface area contributed by atoms with Crippen molar-refractivity contribution in [1.29, 1.82) is 0 Å². The fraction of sp³-hybridized carbons (Fsp3) is 0.400. The van der Waals surface area contributed by atoms with Gasteiger partial charge in [-0.25, -0.2) is 5.43 Å². The minimum Gasteiger partial charge on any atom is -0.497 e. The summed E-state index contributed by atoms with van der Waals surface area (Å²) in [5, 5.41) is 6.81. The maximum Gasteiger partial charge on any atom is 0.262 e. The van der Waals surface area contributed by atoms with Gasteiger partial charge in [-0.05, 0) is 60.4 Å². The molecule has 0 aliphatic carbocycles. The second-order valence-corrected chi connectivity index (χ2v) is 7.77. The van der Waals surface area contributed by atoms with E-state index in [9.17, 15) is 9.59 Å². The van der Waals surface area contributed by atoms with Crippen LogP contribution in [0, 0.1) is 5.92 Å². The van der Waals surface area contributed by atoms with Crippen molar-refractivity contribution in [2.45, 2.75) is 39.7 Å². The molecular weight excluding hydrogens is 422 g/mol. The van der Waals surface area contributed by atoms with E-state index in [4.69, 9.17) is 14.2 Å². The first kappa shape index (κ1) is 25.7. The third-order valence-corrected chi connectivity index (χ3v) is 4.92. The van der Waals surface area contributed by atoms with Crippen LogP contribution in [-0.2, 0) is 4.79 Å². The van der Waals surface area contributed by atoms with Crippen LogP contribution in [0.2, 0.25) is 0 Å². The first-order valence-electron chi connectivity index (χ1n) is 11.0. The van der Waals surface area contributed by atoms with Gasteiger partial charge in [-0.2, -0.15) is 5.10 Å². The summed E-state index contributed by atoms with van der Waals surface area (Å²) in [6.07, 6.45) is 3.52. The molecule has 1 unspecified atom stereocenters. The minimum absolute atomic E-state index is 0.137. The predicted octanol–water partition coefficient (Wildman–Crippen LogP) is 3.79. The third kappa shape index (κ3) is 7.82. The first-order valence-corrected chi connectivity index (χ1v) is 11.0. The number of methoxy groups -OCH3 is 2. The Hall–Kier alpha value is -3.55. The zero-order valence-corrected chi connectivity index (χ0v) is 19.9. The quantitative estimate of drug-likeness (QED) is 0.288. The summed E-state index contributed by atoms with van der Waals surface area (Å²) in [5.41, 5.74) is 3.68. The summed E-state index contributed by atoms with van der Waals surface area (Å²) in [6.45, 7) is 6.42. The van der Waals surface area contributed by atoms with Crippen molar-refractivity contribution in [3.63, 3.8) is 0 Å². The van der Waals surface area contributed by atoms with Crippen molar-refractivity contribution in [3.05, 3.63) is 53.6 Å². The van der Waals surface area contributed by atoms with Gasteiger partial charge in [0.05, 0.1) is 27.0 Å². The summed E-state index contributed by atoms with van der Waals surface area (Å²) < 4.78 is 16.2. The minimum atomic E-state index is -0.749. The van der Waals surface area contributed by atoms with Crippen molar-refractivity contribution in [2.75, 3.05) is 20.8 Å². The number of nitrogens with one attached hydrogen (secondary N) is 2. The van der Waals surface area contributed by atoms with Gasteiger partial charge in [0.2, 0.25) is 0 Å². The lowest BCUT2D eigenvalue weighted by molar-refractivity contribution is -0.123. The van der Waals surface area contributed by atoms with Crippen LogP contribution in [0.1, 0.15) is 49.5 Å². The third-order valence-electron chi connectivity index (χ3n) is 4.92. The van der Waals surface area contributed by atoms with Gasteiger partial charge in [-0.3, -0.25) is 9.59 Å². The van der Waals surface area contributed by atoms with E-state index in [-0.39, 0.29) is 11.8 Å². The fourth-order valence-electron chi connectivity index (χ4n) is 2.95. The molecule has 33 heavy (non-hydrogen) atoms. The highest BCUT2D eigenvalue weighted by Gasteiger charge is 2.24. The second kappa shape index (κ2) is 13.1. The van der Waals surface area contributed by atoms with Gasteiger partial charge in [-0.15, -0.1) is 0 Å². The van der Waals surface area contributed by atoms with E-state index < -0.39 is 11.9 Å². The standard InChI is InChI=1S/C25H33N3O5/c1-6-7-14-33-21-13-8-18(15-22(21)32-5)16-26-28-25(30)23(17(2)3)27-24(29)19-9-11-20(31-4)12-10-19/h8-13,15-17,23H,6-7,14H2,1-5H3,(H,27,29)(H,28,30). The Morgan fingerprint density at radius 3 is 2.36 bits per heavy atom. The van der Waals surface area contributed by atoms with Gasteiger partial charge < -0.3 is 19.5 Å². The Morgan fingerprint density at radius 1 is 1.03 bits per heavy atom. The van der Waals surface area contributed by atoms with E-state index in [0.29, 0.717) is 29.4 Å². The normalized spacial score (nSPS) is 11.8. The van der Waals surface area contributed by atoms with Crippen molar-refractivity contribution in [3.8, 4) is 17.2 Å². The van der Waals surface area contributed by atoms with Gasteiger partial charge in [-0.1, -0.05) is 27.2 Å². The molecule has 1 atom stereocenters. The monoisotopic (exact) mass is 455 g/mol. The van der Waals surface area contributed by atoms with Crippen molar-refractivity contribution < 1.29 is 23.8 Å². The average molecular weight is 456 g/mol. The molecule has 8 heteroatoms. The molecule has 2 amide bonds. The van der Waals surface area contributed by atoms with Gasteiger partial charge in [0.15, 0.2) is 11.5 Å². The SMILES string of the molecule is CCCCOc1ccc(C=NNC(=O)C(NC(=O)c2ccc(OC)cc2)C(C)C)cc1OC. The first-order chi connectivity index (χ1) is 15.9. The predicted molar refractivity (Wildman–Crippen MR) is 128 cm³/mol. The highest BCUT2D eigenvalue weighted by Crippen LogP contribution is 2.27. The van der Waals surface area contributed by atoms with Crippen LogP contribution in [0.3, 0.4) is 0 Å². The molecule has 0 aliphatic rings. The van der Waals surface area contributed by atoms with Gasteiger partial charge >= 0.3 is 0 Å². The van der Waals surface area contributed by atoms with E-state index in [2.05, 4.69) is 22.8 Å². The lowest BCUT2D eigenvalue weighted by atomic mass is 10.0. The molecule has 0 bridgehead atoms. The van der Waals surface area contributed by atoms with Gasteiger partial charge in [0.25, 0.3) is 11.8 Å². The molecule has 0 radical (unpaired) electrons. The zero-order chi connectivity index (χ0) is 24.2. The number of hydrogen-bond donors (Lipinski definition) is 2. The zero-order valence-electron chi connectivity index (χ0n) is 19.9. The number of carbonyl (C=O) groups excluding carboxylic acids is 2. The van der Waals surface area contributed by atoms with E-state index in [1.54, 1.807) is 44.6 Å². The summed E-state index contributed by atoms with van der Waals surface area (Å²) >= 11 is 0. The second-order valence-electron chi connectivity index (χ2n) is 7.77. The number of amides is 2. The van der Waals surface area contributed by atoms with Crippen molar-refractivity contribution in [1.82, 2.24) is 10.7 Å². The number of rotatable bonds is 12. The highest BCUT2D eigenvalue weighted by atomic mass is 16.5. The van der Waals surface area contributed by atoms with E-state index in [0.717, 1.165) is 18.4 Å². The summed E-state index contributed by atoms with van der Waals surface area (Å²) in [6, 6.07) is 11.3. The largest absolute Gasteiger partial charge is 0.497 e. The van der Waals surface area contributed by atoms with Crippen LogP contribution >= 0.6 is 0 Å².